The van der Waals surface area contributed by atoms with Crippen molar-refractivity contribution in [1.29, 1.82) is 0 Å². The Balaban J connectivity index is 1.32. The maximum atomic E-state index is 14.7. The van der Waals surface area contributed by atoms with Crippen LogP contribution in [-0.4, -0.2) is 33.9 Å². The van der Waals surface area contributed by atoms with Gasteiger partial charge in [0.15, 0.2) is 11.6 Å². The van der Waals surface area contributed by atoms with Crippen molar-refractivity contribution >= 4 is 23.3 Å². The first-order valence-electron chi connectivity index (χ1n) is 11.5. The molecule has 0 atom stereocenters. The van der Waals surface area contributed by atoms with Crippen LogP contribution in [0.1, 0.15) is 40.4 Å². The van der Waals surface area contributed by atoms with Gasteiger partial charge >= 0.3 is 0 Å². The summed E-state index contributed by atoms with van der Waals surface area (Å²) in [4.78, 5) is 17.0. The summed E-state index contributed by atoms with van der Waals surface area (Å²) in [6.07, 6.45) is 6.95. The topological polar surface area (TPSA) is 69.0 Å². The van der Waals surface area contributed by atoms with E-state index < -0.39 is 11.7 Å². The zero-order chi connectivity index (χ0) is 24.9. The first-order valence-corrected chi connectivity index (χ1v) is 11.9. The third kappa shape index (κ3) is 5.46. The van der Waals surface area contributed by atoms with Crippen LogP contribution in [0.4, 0.5) is 10.2 Å². The van der Waals surface area contributed by atoms with Crippen molar-refractivity contribution in [2.45, 2.75) is 18.9 Å². The highest BCUT2D eigenvalue weighted by Gasteiger charge is 2.19. The molecule has 1 aliphatic heterocycles. The monoisotopic (exact) mass is 500 g/mol. The number of rotatable bonds is 4. The molecule has 0 aliphatic carbocycles. The molecule has 6 nitrogen and oxygen atoms in total. The van der Waals surface area contributed by atoms with Crippen LogP contribution in [0.25, 0.3) is 11.1 Å². The van der Waals surface area contributed by atoms with Crippen molar-refractivity contribution in [3.05, 3.63) is 101 Å². The van der Waals surface area contributed by atoms with Crippen molar-refractivity contribution in [2.75, 3.05) is 18.5 Å². The summed E-state index contributed by atoms with van der Waals surface area (Å²) >= 11 is 6.31. The molecule has 1 amide bonds. The largest absolute Gasteiger partial charge is 0.381 e. The Morgan fingerprint density at radius 1 is 1.03 bits per heavy atom. The zero-order valence-corrected chi connectivity index (χ0v) is 20.0. The van der Waals surface area contributed by atoms with E-state index in [2.05, 4.69) is 27.2 Å². The Morgan fingerprint density at radius 2 is 1.81 bits per heavy atom. The molecule has 1 fully saturated rings. The maximum absolute atomic E-state index is 14.7. The summed E-state index contributed by atoms with van der Waals surface area (Å²) in [5, 5.41) is 7.25. The Hall–Kier alpha value is -3.99. The van der Waals surface area contributed by atoms with E-state index in [1.54, 1.807) is 18.3 Å². The van der Waals surface area contributed by atoms with Crippen LogP contribution in [0.3, 0.4) is 0 Å². The highest BCUT2D eigenvalue weighted by molar-refractivity contribution is 6.34. The van der Waals surface area contributed by atoms with Crippen molar-refractivity contribution in [1.82, 2.24) is 14.8 Å². The highest BCUT2D eigenvalue weighted by Crippen LogP contribution is 2.28. The lowest BCUT2D eigenvalue weighted by Crippen LogP contribution is -2.19. The second-order valence-electron chi connectivity index (χ2n) is 8.37. The molecule has 0 spiro atoms. The van der Waals surface area contributed by atoms with E-state index in [1.165, 1.54) is 12.3 Å². The van der Waals surface area contributed by atoms with Gasteiger partial charge in [-0.2, -0.15) is 5.10 Å². The van der Waals surface area contributed by atoms with E-state index in [4.69, 9.17) is 16.3 Å². The molecule has 36 heavy (non-hydrogen) atoms. The average molecular weight is 501 g/mol. The minimum atomic E-state index is -0.687. The van der Waals surface area contributed by atoms with Crippen LogP contribution in [0.15, 0.2) is 73.2 Å². The first kappa shape index (κ1) is 23.7. The van der Waals surface area contributed by atoms with Crippen LogP contribution in [0, 0.1) is 17.7 Å². The van der Waals surface area contributed by atoms with Crippen LogP contribution in [0.2, 0.25) is 5.02 Å². The van der Waals surface area contributed by atoms with Gasteiger partial charge in [0.25, 0.3) is 5.91 Å². The quantitative estimate of drug-likeness (QED) is 0.363. The molecule has 0 saturated carbocycles. The highest BCUT2D eigenvalue weighted by atomic mass is 35.5. The van der Waals surface area contributed by atoms with Crippen LogP contribution in [-0.2, 0) is 4.74 Å². The SMILES string of the molecule is O=C(Nc1ncc(C#Cc2ccccc2)cc1F)c1cc(-c2cnn(C3CCOCC3)c2)ccc1Cl. The number of aromatic nitrogens is 3. The van der Waals surface area contributed by atoms with E-state index in [-0.39, 0.29) is 22.4 Å². The molecule has 5 rings (SSSR count). The summed E-state index contributed by atoms with van der Waals surface area (Å²) in [5.74, 6) is 4.38. The number of carbonyl (C=O) groups excluding carboxylic acids is 1. The summed E-state index contributed by atoms with van der Waals surface area (Å²) in [6, 6.07) is 16.0. The number of anilines is 1. The van der Waals surface area contributed by atoms with Crippen molar-refractivity contribution < 1.29 is 13.9 Å². The lowest BCUT2D eigenvalue weighted by Gasteiger charge is -2.22. The Bertz CT molecular complexity index is 1450. The maximum Gasteiger partial charge on any atom is 0.258 e. The Labute approximate surface area is 213 Å². The van der Waals surface area contributed by atoms with Gasteiger partial charge in [0.1, 0.15) is 0 Å². The van der Waals surface area contributed by atoms with Gasteiger partial charge in [-0.15, -0.1) is 0 Å². The lowest BCUT2D eigenvalue weighted by atomic mass is 10.1. The van der Waals surface area contributed by atoms with Gasteiger partial charge in [0.05, 0.1) is 22.8 Å². The minimum Gasteiger partial charge on any atom is -0.381 e. The Kier molecular flexibility index (Phi) is 7.08. The summed E-state index contributed by atoms with van der Waals surface area (Å²) in [6.45, 7) is 1.44. The number of hydrogen-bond donors (Lipinski definition) is 1. The molecule has 1 N–H and O–H groups in total. The number of nitrogens with zero attached hydrogens (tertiary/aromatic N) is 3. The van der Waals surface area contributed by atoms with Gasteiger partial charge < -0.3 is 10.1 Å². The number of benzene rings is 2. The molecule has 1 saturated heterocycles. The summed E-state index contributed by atoms with van der Waals surface area (Å²) in [5.41, 5.74) is 3.06. The molecular weight excluding hydrogens is 479 g/mol. The smallest absolute Gasteiger partial charge is 0.258 e. The van der Waals surface area contributed by atoms with Crippen LogP contribution in [0.5, 0.6) is 0 Å². The molecule has 3 heterocycles. The number of amides is 1. The van der Waals surface area contributed by atoms with Gasteiger partial charge in [-0.05, 0) is 48.7 Å². The molecule has 2 aromatic carbocycles. The fourth-order valence-corrected chi connectivity index (χ4v) is 4.16. The lowest BCUT2D eigenvalue weighted by molar-refractivity contribution is 0.0662. The van der Waals surface area contributed by atoms with E-state index in [0.717, 1.165) is 42.7 Å². The number of hydrogen-bond acceptors (Lipinski definition) is 4. The molecular formula is C28H22ClFN4O2. The fourth-order valence-electron chi connectivity index (χ4n) is 3.95. The van der Waals surface area contributed by atoms with Crippen LogP contribution >= 0.6 is 11.6 Å². The molecule has 0 bridgehead atoms. The second-order valence-corrected chi connectivity index (χ2v) is 8.78. The van der Waals surface area contributed by atoms with E-state index >= 15 is 0 Å². The van der Waals surface area contributed by atoms with Crippen molar-refractivity contribution in [3.63, 3.8) is 0 Å². The number of carbonyl (C=O) groups is 1. The van der Waals surface area contributed by atoms with Gasteiger partial charge in [-0.1, -0.05) is 47.7 Å². The predicted molar refractivity (Wildman–Crippen MR) is 136 cm³/mol. The van der Waals surface area contributed by atoms with E-state index in [1.807, 2.05) is 47.3 Å². The fraction of sp³-hybridized carbons (Fsp3) is 0.179. The third-order valence-corrected chi connectivity index (χ3v) is 6.24. The van der Waals surface area contributed by atoms with Gasteiger partial charge in [-0.3, -0.25) is 9.48 Å². The molecule has 180 valence electrons. The molecule has 0 unspecified atom stereocenters. The number of ether oxygens (including phenoxy) is 1. The van der Waals surface area contributed by atoms with E-state index in [0.29, 0.717) is 5.56 Å². The van der Waals surface area contributed by atoms with Gasteiger partial charge in [0, 0.05) is 42.3 Å². The number of halogens is 2. The predicted octanol–water partition coefficient (Wildman–Crippen LogP) is 5.74. The molecule has 2 aromatic heterocycles. The van der Waals surface area contributed by atoms with Gasteiger partial charge in [-0.25, -0.2) is 9.37 Å². The molecule has 1 aliphatic rings. The third-order valence-electron chi connectivity index (χ3n) is 5.91. The standard InChI is InChI=1S/C28H22ClFN4O2/c29-25-9-8-21(22-17-32-34(18-22)23-10-12-36-13-11-23)15-24(25)28(35)33-27-26(30)14-20(16-31-27)7-6-19-4-2-1-3-5-19/h1-5,8-9,14-18,23H,10-13H2,(H,31,33,35). The molecule has 8 heteroatoms. The first-order chi connectivity index (χ1) is 17.6. The average Bonchev–Trinajstić information content (AvgIpc) is 3.41. The second kappa shape index (κ2) is 10.7. The van der Waals surface area contributed by atoms with Crippen molar-refractivity contribution in [3.8, 4) is 23.0 Å². The number of nitrogens with one attached hydrogen (secondary N) is 1. The minimum absolute atomic E-state index is 0.195. The normalized spacial score (nSPS) is 13.6. The Morgan fingerprint density at radius 3 is 2.58 bits per heavy atom. The van der Waals surface area contributed by atoms with Crippen molar-refractivity contribution in [2.24, 2.45) is 0 Å². The molecule has 4 aromatic rings. The van der Waals surface area contributed by atoms with E-state index in [9.17, 15) is 9.18 Å². The summed E-state index contributed by atoms with van der Waals surface area (Å²) < 4.78 is 22.0. The number of pyridine rings is 1. The summed E-state index contributed by atoms with van der Waals surface area (Å²) in [7, 11) is 0. The van der Waals surface area contributed by atoms with Gasteiger partial charge in [0.2, 0.25) is 0 Å². The molecule has 0 radical (unpaired) electrons. The van der Waals surface area contributed by atoms with Crippen LogP contribution < -0.4 is 5.32 Å². The zero-order valence-electron chi connectivity index (χ0n) is 19.2.